The minimum Gasteiger partial charge on any atom is -0.394 e. The Hall–Kier alpha value is -1.81. The van der Waals surface area contributed by atoms with Crippen LogP contribution in [0.2, 0.25) is 0 Å². The van der Waals surface area contributed by atoms with Gasteiger partial charge in [-0.25, -0.2) is 4.68 Å². The molecule has 1 aromatic heterocycles. The molecule has 4 nitrogen and oxygen atoms in total. The van der Waals surface area contributed by atoms with E-state index in [2.05, 4.69) is 10.4 Å². The molecule has 0 aliphatic carbocycles. The van der Waals surface area contributed by atoms with Crippen molar-refractivity contribution in [2.24, 2.45) is 0 Å². The van der Waals surface area contributed by atoms with Crippen LogP contribution >= 0.6 is 0 Å². The molecule has 2 aromatic rings. The van der Waals surface area contributed by atoms with E-state index < -0.39 is 0 Å². The average molecular weight is 231 g/mol. The summed E-state index contributed by atoms with van der Waals surface area (Å²) in [5, 5.41) is 16.7. The Morgan fingerprint density at radius 3 is 2.65 bits per heavy atom. The summed E-state index contributed by atoms with van der Waals surface area (Å²) in [7, 11) is 0. The molecule has 0 saturated heterocycles. The van der Waals surface area contributed by atoms with Crippen molar-refractivity contribution in [3.63, 3.8) is 0 Å². The van der Waals surface area contributed by atoms with Crippen molar-refractivity contribution in [1.29, 1.82) is 0 Å². The minimum atomic E-state index is -0.343. The summed E-state index contributed by atoms with van der Waals surface area (Å²) in [6.07, 6.45) is 3.66. The second-order valence-electron chi connectivity index (χ2n) is 4.68. The summed E-state index contributed by atoms with van der Waals surface area (Å²) >= 11 is 0. The van der Waals surface area contributed by atoms with Crippen LogP contribution in [0.5, 0.6) is 0 Å². The van der Waals surface area contributed by atoms with Crippen molar-refractivity contribution in [3.8, 4) is 5.69 Å². The highest BCUT2D eigenvalue weighted by Gasteiger charge is 2.16. The number of aromatic nitrogens is 2. The lowest BCUT2D eigenvalue weighted by Gasteiger charge is -2.23. The molecule has 0 aliphatic rings. The Morgan fingerprint density at radius 2 is 2.00 bits per heavy atom. The monoisotopic (exact) mass is 231 g/mol. The van der Waals surface area contributed by atoms with Crippen molar-refractivity contribution in [2.75, 3.05) is 11.9 Å². The van der Waals surface area contributed by atoms with Gasteiger partial charge in [-0.15, -0.1) is 0 Å². The normalized spacial score (nSPS) is 11.5. The van der Waals surface area contributed by atoms with Gasteiger partial charge in [-0.1, -0.05) is 18.2 Å². The molecule has 17 heavy (non-hydrogen) atoms. The van der Waals surface area contributed by atoms with E-state index in [1.54, 1.807) is 10.9 Å². The van der Waals surface area contributed by atoms with Gasteiger partial charge in [-0.05, 0) is 26.0 Å². The molecule has 0 aliphatic heterocycles. The number of hydrogen-bond acceptors (Lipinski definition) is 3. The van der Waals surface area contributed by atoms with E-state index in [9.17, 15) is 5.11 Å². The molecule has 0 unspecified atom stereocenters. The van der Waals surface area contributed by atoms with Crippen molar-refractivity contribution in [1.82, 2.24) is 9.78 Å². The Morgan fingerprint density at radius 1 is 1.29 bits per heavy atom. The number of para-hydroxylation sites is 1. The van der Waals surface area contributed by atoms with E-state index in [-0.39, 0.29) is 12.1 Å². The fourth-order valence-electron chi connectivity index (χ4n) is 1.54. The summed E-state index contributed by atoms with van der Waals surface area (Å²) in [5.74, 6) is 0. The molecule has 0 spiro atoms. The van der Waals surface area contributed by atoms with Gasteiger partial charge in [-0.2, -0.15) is 5.10 Å². The number of aliphatic hydroxyl groups excluding tert-OH is 1. The first-order chi connectivity index (χ1) is 8.11. The van der Waals surface area contributed by atoms with E-state index in [4.69, 9.17) is 0 Å². The molecule has 0 radical (unpaired) electrons. The summed E-state index contributed by atoms with van der Waals surface area (Å²) in [6, 6.07) is 9.91. The zero-order chi connectivity index (χ0) is 12.3. The van der Waals surface area contributed by atoms with Gasteiger partial charge in [0, 0.05) is 0 Å². The molecular formula is C13H17N3O. The Labute approximate surface area is 101 Å². The molecule has 0 fully saturated rings. The van der Waals surface area contributed by atoms with E-state index in [0.717, 1.165) is 11.4 Å². The molecule has 90 valence electrons. The van der Waals surface area contributed by atoms with Crippen molar-refractivity contribution in [2.45, 2.75) is 19.4 Å². The highest BCUT2D eigenvalue weighted by Crippen LogP contribution is 2.15. The Kier molecular flexibility index (Phi) is 3.15. The highest BCUT2D eigenvalue weighted by molar-refractivity contribution is 5.44. The van der Waals surface area contributed by atoms with Crippen LogP contribution < -0.4 is 5.32 Å². The third kappa shape index (κ3) is 2.85. The van der Waals surface area contributed by atoms with Crippen LogP contribution in [0, 0.1) is 0 Å². The molecule has 0 saturated carbocycles. The first-order valence-corrected chi connectivity index (χ1v) is 5.60. The second-order valence-corrected chi connectivity index (χ2v) is 4.68. The van der Waals surface area contributed by atoms with Gasteiger partial charge in [0.2, 0.25) is 0 Å². The number of rotatable bonds is 4. The number of benzene rings is 1. The maximum atomic E-state index is 9.19. The summed E-state index contributed by atoms with van der Waals surface area (Å²) < 4.78 is 1.80. The predicted molar refractivity (Wildman–Crippen MR) is 68.4 cm³/mol. The first kappa shape index (κ1) is 11.7. The Balaban J connectivity index is 2.17. The van der Waals surface area contributed by atoms with Gasteiger partial charge < -0.3 is 10.4 Å². The Bertz CT molecular complexity index is 476. The lowest BCUT2D eigenvalue weighted by atomic mass is 10.1. The molecule has 0 amide bonds. The first-order valence-electron chi connectivity index (χ1n) is 5.60. The van der Waals surface area contributed by atoms with Gasteiger partial charge >= 0.3 is 0 Å². The molecular weight excluding hydrogens is 214 g/mol. The molecule has 0 atom stereocenters. The van der Waals surface area contributed by atoms with Gasteiger partial charge in [0.1, 0.15) is 0 Å². The van der Waals surface area contributed by atoms with E-state index in [1.807, 2.05) is 50.4 Å². The third-order valence-corrected chi connectivity index (χ3v) is 2.48. The van der Waals surface area contributed by atoms with Gasteiger partial charge in [0.25, 0.3) is 0 Å². The maximum absolute atomic E-state index is 9.19. The fourth-order valence-corrected chi connectivity index (χ4v) is 1.54. The summed E-state index contributed by atoms with van der Waals surface area (Å²) in [4.78, 5) is 0. The predicted octanol–water partition coefficient (Wildman–Crippen LogP) is 2.06. The number of aliphatic hydroxyl groups is 1. The second kappa shape index (κ2) is 4.59. The quantitative estimate of drug-likeness (QED) is 0.846. The molecule has 1 heterocycles. The van der Waals surface area contributed by atoms with Crippen molar-refractivity contribution < 1.29 is 5.11 Å². The third-order valence-electron chi connectivity index (χ3n) is 2.48. The van der Waals surface area contributed by atoms with Gasteiger partial charge in [-0.3, -0.25) is 0 Å². The lowest BCUT2D eigenvalue weighted by molar-refractivity contribution is 0.234. The van der Waals surface area contributed by atoms with Crippen molar-refractivity contribution >= 4 is 5.69 Å². The van der Waals surface area contributed by atoms with Crippen LogP contribution in [0.1, 0.15) is 13.8 Å². The van der Waals surface area contributed by atoms with E-state index in [0.29, 0.717) is 0 Å². The number of nitrogens with zero attached hydrogens (tertiary/aromatic N) is 2. The zero-order valence-corrected chi connectivity index (χ0v) is 10.1. The fraction of sp³-hybridized carbons (Fsp3) is 0.308. The van der Waals surface area contributed by atoms with E-state index >= 15 is 0 Å². The number of anilines is 1. The van der Waals surface area contributed by atoms with Crippen LogP contribution in [0.4, 0.5) is 5.69 Å². The zero-order valence-electron chi connectivity index (χ0n) is 10.1. The standard InChI is InChI=1S/C13H17N3O/c1-13(2,10-17)15-11-8-14-16(9-11)12-6-4-3-5-7-12/h3-9,15,17H,10H2,1-2H3. The van der Waals surface area contributed by atoms with E-state index in [1.165, 1.54) is 0 Å². The SMILES string of the molecule is CC(C)(CO)Nc1cnn(-c2ccccc2)c1. The number of hydrogen-bond donors (Lipinski definition) is 2. The molecule has 1 aromatic carbocycles. The highest BCUT2D eigenvalue weighted by atomic mass is 16.3. The van der Waals surface area contributed by atoms with Crippen LogP contribution in [-0.2, 0) is 0 Å². The minimum absolute atomic E-state index is 0.0729. The van der Waals surface area contributed by atoms with Crippen LogP contribution in [0.25, 0.3) is 5.69 Å². The molecule has 4 heteroatoms. The maximum Gasteiger partial charge on any atom is 0.0736 e. The summed E-state index contributed by atoms with van der Waals surface area (Å²) in [6.45, 7) is 3.95. The van der Waals surface area contributed by atoms with Crippen molar-refractivity contribution in [3.05, 3.63) is 42.7 Å². The smallest absolute Gasteiger partial charge is 0.0736 e. The summed E-state index contributed by atoms with van der Waals surface area (Å²) in [5.41, 5.74) is 1.57. The molecule has 2 rings (SSSR count). The van der Waals surface area contributed by atoms with Crippen LogP contribution in [0.15, 0.2) is 42.7 Å². The molecule has 0 bridgehead atoms. The van der Waals surface area contributed by atoms with Crippen LogP contribution in [-0.4, -0.2) is 27.0 Å². The largest absolute Gasteiger partial charge is 0.394 e. The topological polar surface area (TPSA) is 50.1 Å². The average Bonchev–Trinajstić information content (AvgIpc) is 2.78. The van der Waals surface area contributed by atoms with Crippen LogP contribution in [0.3, 0.4) is 0 Å². The van der Waals surface area contributed by atoms with Gasteiger partial charge in [0.05, 0.1) is 35.9 Å². The number of nitrogens with one attached hydrogen (secondary N) is 1. The lowest BCUT2D eigenvalue weighted by Crippen LogP contribution is -2.34. The molecule has 2 N–H and O–H groups in total. The van der Waals surface area contributed by atoms with Gasteiger partial charge in [0.15, 0.2) is 0 Å².